The van der Waals surface area contributed by atoms with E-state index >= 15 is 0 Å². The quantitative estimate of drug-likeness (QED) is 0.907. The van der Waals surface area contributed by atoms with Crippen molar-refractivity contribution in [2.75, 3.05) is 6.54 Å². The van der Waals surface area contributed by atoms with Gasteiger partial charge < -0.3 is 14.4 Å². The molecule has 1 aromatic heterocycles. The molecule has 128 valence electrons. The Morgan fingerprint density at radius 1 is 1.42 bits per heavy atom. The van der Waals surface area contributed by atoms with E-state index in [0.717, 1.165) is 6.42 Å². The van der Waals surface area contributed by atoms with Crippen LogP contribution >= 0.6 is 0 Å². The fourth-order valence-corrected chi connectivity index (χ4v) is 2.53. The van der Waals surface area contributed by atoms with E-state index in [1.807, 2.05) is 20.8 Å². The summed E-state index contributed by atoms with van der Waals surface area (Å²) in [6.45, 7) is 7.88. The van der Waals surface area contributed by atoms with Crippen LogP contribution in [0, 0.1) is 6.92 Å². The molecule has 24 heavy (non-hydrogen) atoms. The van der Waals surface area contributed by atoms with Gasteiger partial charge in [0.1, 0.15) is 17.4 Å². The zero-order chi connectivity index (χ0) is 17.5. The van der Waals surface area contributed by atoms with E-state index in [1.54, 1.807) is 30.0 Å². The molecule has 0 bridgehead atoms. The molecule has 1 atom stereocenters. The van der Waals surface area contributed by atoms with Crippen molar-refractivity contribution in [1.29, 1.82) is 0 Å². The van der Waals surface area contributed by atoms with Crippen LogP contribution in [0.25, 0.3) is 11.5 Å². The first-order chi connectivity index (χ1) is 11.3. The van der Waals surface area contributed by atoms with Crippen LogP contribution in [0.1, 0.15) is 44.6 Å². The minimum atomic E-state index is -0.543. The fraction of sp³-hybridized carbons (Fsp3) is 0.471. The van der Waals surface area contributed by atoms with Crippen LogP contribution in [-0.4, -0.2) is 38.4 Å². The normalized spacial score (nSPS) is 17.5. The summed E-state index contributed by atoms with van der Waals surface area (Å²) >= 11 is 0. The maximum absolute atomic E-state index is 12.2. The minimum absolute atomic E-state index is 0.172. The molecular formula is C17H21N3O4. The maximum atomic E-state index is 12.2. The lowest BCUT2D eigenvalue weighted by atomic mass is 10.0. The van der Waals surface area contributed by atoms with Gasteiger partial charge in [-0.15, -0.1) is 0 Å². The summed E-state index contributed by atoms with van der Waals surface area (Å²) in [6.07, 6.45) is 0.385. The Morgan fingerprint density at radius 2 is 2.17 bits per heavy atom. The van der Waals surface area contributed by atoms with E-state index < -0.39 is 5.60 Å². The number of carbonyl (C=O) groups is 1. The summed E-state index contributed by atoms with van der Waals surface area (Å²) in [6, 6.07) is 4.89. The van der Waals surface area contributed by atoms with Crippen molar-refractivity contribution in [3.63, 3.8) is 0 Å². The van der Waals surface area contributed by atoms with Crippen LogP contribution in [0.4, 0.5) is 4.79 Å². The second-order valence-electron chi connectivity index (χ2n) is 6.89. The molecular weight excluding hydrogens is 310 g/mol. The lowest BCUT2D eigenvalue weighted by Gasteiger charge is -2.39. The average Bonchev–Trinajstić information content (AvgIpc) is 2.87. The molecule has 1 N–H and O–H groups in total. The third kappa shape index (κ3) is 3.06. The van der Waals surface area contributed by atoms with Crippen molar-refractivity contribution in [1.82, 2.24) is 15.0 Å². The number of aromatic hydroxyl groups is 1. The third-order valence-corrected chi connectivity index (χ3v) is 3.92. The van der Waals surface area contributed by atoms with E-state index in [2.05, 4.69) is 10.1 Å². The Morgan fingerprint density at radius 3 is 2.79 bits per heavy atom. The number of phenolic OH excluding ortho intramolecular Hbond substituents is 1. The van der Waals surface area contributed by atoms with Crippen molar-refractivity contribution in [2.24, 2.45) is 0 Å². The molecule has 1 aliphatic heterocycles. The summed E-state index contributed by atoms with van der Waals surface area (Å²) in [4.78, 5) is 18.2. The fourth-order valence-electron chi connectivity index (χ4n) is 2.53. The SMILES string of the molecule is Cc1c(O)cccc1-c1nc([C@@H]2CCN2C(=O)OC(C)(C)C)no1. The molecule has 1 amide bonds. The lowest BCUT2D eigenvalue weighted by Crippen LogP contribution is -2.47. The maximum Gasteiger partial charge on any atom is 0.410 e. The molecule has 1 aliphatic rings. The van der Waals surface area contributed by atoms with Gasteiger partial charge in [-0.05, 0) is 46.2 Å². The first-order valence-electron chi connectivity index (χ1n) is 7.88. The van der Waals surface area contributed by atoms with Crippen LogP contribution in [-0.2, 0) is 4.74 Å². The predicted octanol–water partition coefficient (Wildman–Crippen LogP) is 3.43. The highest BCUT2D eigenvalue weighted by Gasteiger charge is 2.39. The van der Waals surface area contributed by atoms with Gasteiger partial charge >= 0.3 is 6.09 Å². The van der Waals surface area contributed by atoms with Gasteiger partial charge in [-0.3, -0.25) is 4.90 Å². The number of aromatic nitrogens is 2. The van der Waals surface area contributed by atoms with E-state index in [0.29, 0.717) is 29.4 Å². The van der Waals surface area contributed by atoms with Crippen LogP contribution < -0.4 is 0 Å². The Bertz CT molecular complexity index is 763. The van der Waals surface area contributed by atoms with Gasteiger partial charge in [0.05, 0.1) is 0 Å². The first kappa shape index (κ1) is 16.3. The number of rotatable bonds is 2. The molecule has 1 aromatic carbocycles. The minimum Gasteiger partial charge on any atom is -0.508 e. The number of amides is 1. The highest BCUT2D eigenvalue weighted by atomic mass is 16.6. The summed E-state index contributed by atoms with van der Waals surface area (Å²) in [5.74, 6) is 0.950. The third-order valence-electron chi connectivity index (χ3n) is 3.92. The van der Waals surface area contributed by atoms with E-state index in [4.69, 9.17) is 9.26 Å². The second-order valence-corrected chi connectivity index (χ2v) is 6.89. The standard InChI is InChI=1S/C17H21N3O4/c1-10-11(6-5-7-13(10)21)15-18-14(19-24-15)12-8-9-20(12)16(22)23-17(2,3)4/h5-7,12,21H,8-9H2,1-4H3/t12-/m0/s1. The van der Waals surface area contributed by atoms with Crippen molar-refractivity contribution < 1.29 is 19.2 Å². The predicted molar refractivity (Wildman–Crippen MR) is 86.4 cm³/mol. The summed E-state index contributed by atoms with van der Waals surface area (Å²) in [5.41, 5.74) is 0.806. The lowest BCUT2D eigenvalue weighted by molar-refractivity contribution is -0.00772. The molecule has 2 heterocycles. The Balaban J connectivity index is 1.79. The van der Waals surface area contributed by atoms with Gasteiger partial charge in [0.2, 0.25) is 0 Å². The zero-order valence-electron chi connectivity index (χ0n) is 14.2. The number of hydrogen-bond acceptors (Lipinski definition) is 6. The highest BCUT2D eigenvalue weighted by Crippen LogP contribution is 2.35. The molecule has 0 saturated carbocycles. The zero-order valence-corrected chi connectivity index (χ0v) is 14.2. The van der Waals surface area contributed by atoms with Crippen LogP contribution in [0.5, 0.6) is 5.75 Å². The molecule has 2 aromatic rings. The molecule has 0 unspecified atom stereocenters. The van der Waals surface area contributed by atoms with Crippen LogP contribution in [0.15, 0.2) is 22.7 Å². The first-order valence-corrected chi connectivity index (χ1v) is 7.88. The van der Waals surface area contributed by atoms with Gasteiger partial charge in [0.15, 0.2) is 5.82 Å². The Labute approximate surface area is 140 Å². The van der Waals surface area contributed by atoms with Gasteiger partial charge in [-0.1, -0.05) is 11.2 Å². The molecule has 0 radical (unpaired) electrons. The van der Waals surface area contributed by atoms with Crippen LogP contribution in [0.3, 0.4) is 0 Å². The summed E-state index contributed by atoms with van der Waals surface area (Å²) < 4.78 is 10.7. The highest BCUT2D eigenvalue weighted by molar-refractivity contribution is 5.70. The number of ether oxygens (including phenoxy) is 1. The van der Waals surface area contributed by atoms with Crippen molar-refractivity contribution in [3.05, 3.63) is 29.6 Å². The van der Waals surface area contributed by atoms with Crippen molar-refractivity contribution in [2.45, 2.75) is 45.8 Å². The molecule has 7 heteroatoms. The average molecular weight is 331 g/mol. The number of likely N-dealkylation sites (tertiary alicyclic amines) is 1. The number of hydrogen-bond donors (Lipinski definition) is 1. The molecule has 1 fully saturated rings. The second kappa shape index (κ2) is 5.81. The van der Waals surface area contributed by atoms with Gasteiger partial charge in [-0.25, -0.2) is 4.79 Å². The molecule has 0 spiro atoms. The van der Waals surface area contributed by atoms with Crippen molar-refractivity contribution >= 4 is 6.09 Å². The van der Waals surface area contributed by atoms with Crippen molar-refractivity contribution in [3.8, 4) is 17.2 Å². The topological polar surface area (TPSA) is 88.7 Å². The Hall–Kier alpha value is -2.57. The largest absolute Gasteiger partial charge is 0.508 e. The van der Waals surface area contributed by atoms with E-state index in [1.165, 1.54) is 0 Å². The Kier molecular flexibility index (Phi) is 3.95. The smallest absolute Gasteiger partial charge is 0.410 e. The van der Waals surface area contributed by atoms with E-state index in [-0.39, 0.29) is 17.9 Å². The number of phenols is 1. The van der Waals surface area contributed by atoms with Gasteiger partial charge in [0, 0.05) is 17.7 Å². The summed E-state index contributed by atoms with van der Waals surface area (Å²) in [5, 5.41) is 13.8. The number of nitrogens with zero attached hydrogens (tertiary/aromatic N) is 3. The number of carbonyl (C=O) groups excluding carboxylic acids is 1. The molecule has 3 rings (SSSR count). The molecule has 1 saturated heterocycles. The van der Waals surface area contributed by atoms with Gasteiger partial charge in [-0.2, -0.15) is 4.98 Å². The summed E-state index contributed by atoms with van der Waals surface area (Å²) in [7, 11) is 0. The van der Waals surface area contributed by atoms with Crippen LogP contribution in [0.2, 0.25) is 0 Å². The molecule has 7 nitrogen and oxygen atoms in total. The van der Waals surface area contributed by atoms with E-state index in [9.17, 15) is 9.90 Å². The monoisotopic (exact) mass is 331 g/mol. The van der Waals surface area contributed by atoms with Gasteiger partial charge in [0.25, 0.3) is 5.89 Å². The molecule has 0 aliphatic carbocycles. The number of benzene rings is 1.